The molecule has 0 heterocycles. The van der Waals surface area contributed by atoms with Crippen LogP contribution in [0.15, 0.2) is 12.2 Å². The maximum Gasteiger partial charge on any atom is 0.0621 e. The van der Waals surface area contributed by atoms with Crippen molar-refractivity contribution < 1.29 is 0 Å². The summed E-state index contributed by atoms with van der Waals surface area (Å²) in [6.07, 6.45) is 10.9. The molecule has 1 heteroatoms. The first kappa shape index (κ1) is 10.2. The minimum Gasteiger partial charge on any atom is -0.198 e. The molecule has 0 amide bonds. The van der Waals surface area contributed by atoms with Crippen LogP contribution in [0.3, 0.4) is 0 Å². The van der Waals surface area contributed by atoms with Gasteiger partial charge in [-0.3, -0.25) is 0 Å². The van der Waals surface area contributed by atoms with E-state index < -0.39 is 0 Å². The molecule has 0 aliphatic rings. The zero-order valence-corrected chi connectivity index (χ0v) is 7.34. The van der Waals surface area contributed by atoms with Gasteiger partial charge in [0, 0.05) is 6.42 Å². The van der Waals surface area contributed by atoms with Crippen LogP contribution in [0.2, 0.25) is 0 Å². The predicted molar refractivity (Wildman–Crippen MR) is 48.1 cm³/mol. The molecule has 0 saturated heterocycles. The normalized spacial score (nSPS) is 10.2. The zero-order valence-electron chi connectivity index (χ0n) is 7.34. The fourth-order valence-corrected chi connectivity index (χ4v) is 0.857. The monoisotopic (exact) mass is 151 g/mol. The highest BCUT2D eigenvalue weighted by molar-refractivity contribution is 4.82. The van der Waals surface area contributed by atoms with Crippen molar-refractivity contribution >= 4 is 0 Å². The molecule has 0 aromatic carbocycles. The van der Waals surface area contributed by atoms with Crippen LogP contribution < -0.4 is 0 Å². The maximum absolute atomic E-state index is 8.23. The summed E-state index contributed by atoms with van der Waals surface area (Å²) in [7, 11) is 0. The van der Waals surface area contributed by atoms with Gasteiger partial charge in [-0.15, -0.1) is 0 Å². The predicted octanol–water partition coefficient (Wildman–Crippen LogP) is 3.43. The molecule has 0 atom stereocenters. The molecular formula is C10H17N. The topological polar surface area (TPSA) is 23.8 Å². The van der Waals surface area contributed by atoms with Gasteiger partial charge in [0.1, 0.15) is 0 Å². The summed E-state index contributed by atoms with van der Waals surface area (Å²) in [5.41, 5.74) is 0. The van der Waals surface area contributed by atoms with Crippen molar-refractivity contribution in [3.8, 4) is 6.07 Å². The van der Waals surface area contributed by atoms with E-state index in [2.05, 4.69) is 25.1 Å². The molecular weight excluding hydrogens is 134 g/mol. The highest BCUT2D eigenvalue weighted by Crippen LogP contribution is 1.99. The Kier molecular flexibility index (Phi) is 8.58. The van der Waals surface area contributed by atoms with Crippen LogP contribution in [0.5, 0.6) is 0 Å². The third-order valence-corrected chi connectivity index (χ3v) is 1.55. The molecule has 0 rings (SSSR count). The number of nitrogens with zero attached hydrogens (tertiary/aromatic N) is 1. The van der Waals surface area contributed by atoms with Crippen LogP contribution in [-0.2, 0) is 0 Å². The van der Waals surface area contributed by atoms with Crippen molar-refractivity contribution in [3.05, 3.63) is 12.2 Å². The van der Waals surface area contributed by atoms with Gasteiger partial charge in [0.05, 0.1) is 6.07 Å². The number of hydrogen-bond donors (Lipinski definition) is 0. The molecule has 62 valence electrons. The minimum atomic E-state index is 0.693. The average molecular weight is 151 g/mol. The third-order valence-electron chi connectivity index (χ3n) is 1.55. The maximum atomic E-state index is 8.23. The van der Waals surface area contributed by atoms with Gasteiger partial charge in [-0.1, -0.05) is 31.9 Å². The summed E-state index contributed by atoms with van der Waals surface area (Å²) in [5.74, 6) is 0. The lowest BCUT2D eigenvalue weighted by atomic mass is 10.2. The van der Waals surface area contributed by atoms with E-state index in [9.17, 15) is 0 Å². The molecule has 0 unspecified atom stereocenters. The molecule has 0 N–H and O–H groups in total. The van der Waals surface area contributed by atoms with E-state index in [4.69, 9.17) is 5.26 Å². The van der Waals surface area contributed by atoms with E-state index in [-0.39, 0.29) is 0 Å². The largest absolute Gasteiger partial charge is 0.198 e. The van der Waals surface area contributed by atoms with Gasteiger partial charge in [0.2, 0.25) is 0 Å². The summed E-state index contributed by atoms with van der Waals surface area (Å²) in [4.78, 5) is 0. The molecule has 0 radical (unpaired) electrons. The van der Waals surface area contributed by atoms with Gasteiger partial charge >= 0.3 is 0 Å². The van der Waals surface area contributed by atoms with Crippen LogP contribution in [0.1, 0.15) is 45.4 Å². The lowest BCUT2D eigenvalue weighted by molar-refractivity contribution is 0.806. The molecule has 0 fully saturated rings. The second-order valence-electron chi connectivity index (χ2n) is 2.66. The highest BCUT2D eigenvalue weighted by Gasteiger charge is 1.81. The van der Waals surface area contributed by atoms with Crippen LogP contribution in [0.4, 0.5) is 0 Å². The van der Waals surface area contributed by atoms with Crippen molar-refractivity contribution in [1.82, 2.24) is 0 Å². The molecule has 1 nitrogen and oxygen atoms in total. The molecule has 0 aliphatic heterocycles. The number of rotatable bonds is 6. The summed E-state index contributed by atoms with van der Waals surface area (Å²) >= 11 is 0. The van der Waals surface area contributed by atoms with Gasteiger partial charge in [-0.2, -0.15) is 5.26 Å². The summed E-state index contributed by atoms with van der Waals surface area (Å²) in [6, 6.07) is 2.14. The lowest BCUT2D eigenvalue weighted by Crippen LogP contribution is -1.70. The molecule has 11 heavy (non-hydrogen) atoms. The number of nitriles is 1. The summed E-state index contributed by atoms with van der Waals surface area (Å²) in [5, 5.41) is 8.23. The number of unbranched alkanes of at least 4 members (excludes halogenated alkanes) is 4. The second kappa shape index (κ2) is 9.23. The van der Waals surface area contributed by atoms with Crippen molar-refractivity contribution in [2.45, 2.75) is 45.4 Å². The average Bonchev–Trinajstić information content (AvgIpc) is 2.03. The molecule has 0 aromatic rings. The Balaban J connectivity index is 2.98. The molecule has 0 saturated carbocycles. The van der Waals surface area contributed by atoms with E-state index in [1.165, 1.54) is 19.3 Å². The van der Waals surface area contributed by atoms with Crippen molar-refractivity contribution in [3.63, 3.8) is 0 Å². The van der Waals surface area contributed by atoms with E-state index in [1.807, 2.05) is 0 Å². The van der Waals surface area contributed by atoms with Crippen molar-refractivity contribution in [2.24, 2.45) is 0 Å². The standard InChI is InChI=1S/C10H17N/c1-2-3-4-5-6-7-8-9-10-11/h5-6H,2-4,7-9H2,1H3. The van der Waals surface area contributed by atoms with Gasteiger partial charge < -0.3 is 0 Å². The van der Waals surface area contributed by atoms with Crippen LogP contribution in [0.25, 0.3) is 0 Å². The van der Waals surface area contributed by atoms with E-state index in [0.717, 1.165) is 12.8 Å². The highest BCUT2D eigenvalue weighted by atomic mass is 14.2. The molecule has 0 bridgehead atoms. The Morgan fingerprint density at radius 1 is 1.18 bits per heavy atom. The molecule has 0 spiro atoms. The van der Waals surface area contributed by atoms with Gasteiger partial charge in [-0.05, 0) is 19.3 Å². The van der Waals surface area contributed by atoms with Gasteiger partial charge in [0.15, 0.2) is 0 Å². The summed E-state index contributed by atoms with van der Waals surface area (Å²) in [6.45, 7) is 2.20. The van der Waals surface area contributed by atoms with E-state index in [0.29, 0.717) is 6.42 Å². The van der Waals surface area contributed by atoms with E-state index >= 15 is 0 Å². The quantitative estimate of drug-likeness (QED) is 0.421. The van der Waals surface area contributed by atoms with Gasteiger partial charge in [-0.25, -0.2) is 0 Å². The number of allylic oxidation sites excluding steroid dienone is 2. The summed E-state index contributed by atoms with van der Waals surface area (Å²) < 4.78 is 0. The second-order valence-corrected chi connectivity index (χ2v) is 2.66. The lowest BCUT2D eigenvalue weighted by Gasteiger charge is -1.88. The first-order chi connectivity index (χ1) is 5.41. The SMILES string of the molecule is CCCCC=CCCCC#N. The first-order valence-electron chi connectivity index (χ1n) is 4.43. The minimum absolute atomic E-state index is 0.693. The van der Waals surface area contributed by atoms with Crippen molar-refractivity contribution in [2.75, 3.05) is 0 Å². The van der Waals surface area contributed by atoms with Crippen LogP contribution in [0, 0.1) is 11.3 Å². The first-order valence-corrected chi connectivity index (χ1v) is 4.43. The Bertz CT molecular complexity index is 130. The molecule has 0 aliphatic carbocycles. The smallest absolute Gasteiger partial charge is 0.0621 e. The fraction of sp³-hybridized carbons (Fsp3) is 0.700. The van der Waals surface area contributed by atoms with Gasteiger partial charge in [0.25, 0.3) is 0 Å². The van der Waals surface area contributed by atoms with E-state index in [1.54, 1.807) is 0 Å². The molecule has 0 aromatic heterocycles. The zero-order chi connectivity index (χ0) is 8.36. The Labute approximate surface area is 69.7 Å². The van der Waals surface area contributed by atoms with Crippen LogP contribution >= 0.6 is 0 Å². The Hall–Kier alpha value is -0.770. The third kappa shape index (κ3) is 9.23. The Morgan fingerprint density at radius 3 is 2.36 bits per heavy atom. The van der Waals surface area contributed by atoms with Crippen LogP contribution in [-0.4, -0.2) is 0 Å². The van der Waals surface area contributed by atoms with Crippen molar-refractivity contribution in [1.29, 1.82) is 5.26 Å². The fourth-order valence-electron chi connectivity index (χ4n) is 0.857. The number of hydrogen-bond acceptors (Lipinski definition) is 1. The Morgan fingerprint density at radius 2 is 1.82 bits per heavy atom.